The molecule has 0 aromatic heterocycles. The highest BCUT2D eigenvalue weighted by Gasteiger charge is 2.42. The third kappa shape index (κ3) is 1.75. The van der Waals surface area contributed by atoms with Crippen molar-refractivity contribution in [3.05, 3.63) is 47.3 Å². The first-order valence-electron chi connectivity index (χ1n) is 7.23. The molecule has 0 aliphatic carbocycles. The minimum absolute atomic E-state index is 0.101. The Morgan fingerprint density at radius 2 is 2.00 bits per heavy atom. The van der Waals surface area contributed by atoms with E-state index in [1.807, 2.05) is 0 Å². The van der Waals surface area contributed by atoms with Crippen molar-refractivity contribution >= 4 is 5.78 Å². The third-order valence-electron chi connectivity index (χ3n) is 4.67. The van der Waals surface area contributed by atoms with Crippen molar-refractivity contribution in [2.24, 2.45) is 0 Å². The molecule has 0 radical (unpaired) electrons. The molecule has 0 unspecified atom stereocenters. The van der Waals surface area contributed by atoms with E-state index in [1.54, 1.807) is 6.08 Å². The lowest BCUT2D eigenvalue weighted by atomic mass is 9.84. The van der Waals surface area contributed by atoms with Gasteiger partial charge in [-0.05, 0) is 24.0 Å². The Bertz CT molecular complexity index is 586. The van der Waals surface area contributed by atoms with Crippen LogP contribution in [0.15, 0.2) is 36.2 Å². The van der Waals surface area contributed by atoms with E-state index in [0.29, 0.717) is 6.54 Å². The number of hydrogen-bond donors (Lipinski definition) is 1. The van der Waals surface area contributed by atoms with Gasteiger partial charge in [-0.2, -0.15) is 0 Å². The number of ether oxygens (including phenoxy) is 1. The average Bonchev–Trinajstić information content (AvgIpc) is 3.06. The van der Waals surface area contributed by atoms with Crippen LogP contribution in [0, 0.1) is 0 Å². The van der Waals surface area contributed by atoms with E-state index < -0.39 is 0 Å². The lowest BCUT2D eigenvalue weighted by Crippen LogP contribution is -2.43. The summed E-state index contributed by atoms with van der Waals surface area (Å²) in [4.78, 5) is 13.6. The molecule has 104 valence electrons. The Labute approximate surface area is 118 Å². The second-order valence-corrected chi connectivity index (χ2v) is 5.78. The van der Waals surface area contributed by atoms with Gasteiger partial charge in [0, 0.05) is 19.2 Å². The van der Waals surface area contributed by atoms with E-state index in [0.717, 1.165) is 38.4 Å². The van der Waals surface area contributed by atoms with Gasteiger partial charge in [0.15, 0.2) is 5.78 Å². The number of nitrogens with zero attached hydrogens (tertiary/aromatic N) is 1. The number of fused-ring (bicyclic) bond motifs is 2. The summed E-state index contributed by atoms with van der Waals surface area (Å²) in [6.45, 7) is 3.03. The Balaban J connectivity index is 1.53. The zero-order valence-corrected chi connectivity index (χ0v) is 11.4. The first-order valence-corrected chi connectivity index (χ1v) is 7.23. The zero-order chi connectivity index (χ0) is 13.6. The predicted molar refractivity (Wildman–Crippen MR) is 74.8 cm³/mol. The van der Waals surface area contributed by atoms with Crippen LogP contribution in [-0.4, -0.2) is 30.3 Å². The highest BCUT2D eigenvalue weighted by Crippen LogP contribution is 2.44. The lowest BCUT2D eigenvalue weighted by molar-refractivity contribution is -0.113. The van der Waals surface area contributed by atoms with Crippen molar-refractivity contribution in [2.45, 2.75) is 25.0 Å². The summed E-state index contributed by atoms with van der Waals surface area (Å²) in [6, 6.07) is 8.54. The first kappa shape index (κ1) is 12.0. The van der Waals surface area contributed by atoms with Gasteiger partial charge in [0.25, 0.3) is 0 Å². The smallest absolute Gasteiger partial charge is 0.178 e. The van der Waals surface area contributed by atoms with E-state index in [4.69, 9.17) is 4.74 Å². The number of hydrogen-bond acceptors (Lipinski definition) is 4. The molecule has 3 aliphatic heterocycles. The molecular weight excluding hydrogens is 252 g/mol. The van der Waals surface area contributed by atoms with Crippen molar-refractivity contribution in [3.8, 4) is 0 Å². The van der Waals surface area contributed by atoms with Crippen molar-refractivity contribution in [1.82, 2.24) is 10.2 Å². The molecule has 20 heavy (non-hydrogen) atoms. The maximum absolute atomic E-state index is 11.3. The van der Waals surface area contributed by atoms with Gasteiger partial charge in [-0.1, -0.05) is 24.3 Å². The van der Waals surface area contributed by atoms with Gasteiger partial charge in [0.2, 0.25) is 0 Å². The molecular formula is C16H18N2O2. The Kier molecular flexibility index (Phi) is 2.60. The van der Waals surface area contributed by atoms with Gasteiger partial charge in [0.05, 0.1) is 18.8 Å². The van der Waals surface area contributed by atoms with E-state index in [1.165, 1.54) is 11.1 Å². The summed E-state index contributed by atoms with van der Waals surface area (Å²) >= 11 is 0. The molecule has 0 atom stereocenters. The number of carbonyl (C=O) groups is 1. The quantitative estimate of drug-likeness (QED) is 0.840. The highest BCUT2D eigenvalue weighted by atomic mass is 16.5. The molecule has 0 bridgehead atoms. The van der Waals surface area contributed by atoms with Crippen molar-refractivity contribution < 1.29 is 9.53 Å². The second kappa shape index (κ2) is 4.35. The summed E-state index contributed by atoms with van der Waals surface area (Å²) in [6.07, 6.45) is 3.69. The van der Waals surface area contributed by atoms with Gasteiger partial charge in [-0.25, -0.2) is 0 Å². The van der Waals surface area contributed by atoms with Gasteiger partial charge in [-0.15, -0.1) is 0 Å². The fraction of sp³-hybridized carbons (Fsp3) is 0.438. The number of likely N-dealkylation sites (tertiary alicyclic amines) is 1. The molecule has 0 saturated carbocycles. The second-order valence-electron chi connectivity index (χ2n) is 5.78. The van der Waals surface area contributed by atoms with E-state index in [-0.39, 0.29) is 11.4 Å². The van der Waals surface area contributed by atoms with Crippen LogP contribution in [0.2, 0.25) is 0 Å². The molecule has 1 N–H and O–H groups in total. The number of rotatable bonds is 1. The molecule has 1 spiro atoms. The molecule has 1 aromatic rings. The molecule has 1 aromatic carbocycles. The standard InChI is InChI=1S/C16H18N2O2/c19-13-9-15(17-10-13)18-7-5-16(6-8-18)14-4-2-1-3-12(14)11-20-16/h1-4,9,17H,5-8,10-11H2. The molecule has 0 amide bonds. The number of ketones is 1. The normalized spacial score (nSPS) is 23.7. The van der Waals surface area contributed by atoms with Gasteiger partial charge in [-0.3, -0.25) is 4.79 Å². The maximum atomic E-state index is 11.3. The number of piperidine rings is 1. The third-order valence-corrected chi connectivity index (χ3v) is 4.67. The Morgan fingerprint density at radius 3 is 2.75 bits per heavy atom. The summed E-state index contributed by atoms with van der Waals surface area (Å²) in [5.41, 5.74) is 2.59. The molecule has 1 saturated heterocycles. The monoisotopic (exact) mass is 270 g/mol. The summed E-state index contributed by atoms with van der Waals surface area (Å²) in [7, 11) is 0. The van der Waals surface area contributed by atoms with Crippen LogP contribution in [0.1, 0.15) is 24.0 Å². The van der Waals surface area contributed by atoms with E-state index >= 15 is 0 Å². The molecule has 3 heterocycles. The molecule has 4 rings (SSSR count). The zero-order valence-electron chi connectivity index (χ0n) is 11.4. The van der Waals surface area contributed by atoms with Crippen molar-refractivity contribution in [3.63, 3.8) is 0 Å². The average molecular weight is 270 g/mol. The lowest BCUT2D eigenvalue weighted by Gasteiger charge is -2.40. The molecule has 3 aliphatic rings. The number of nitrogens with one attached hydrogen (secondary N) is 1. The SMILES string of the molecule is O=C1C=C(N2CCC3(CC2)OCc2ccccc23)NC1. The van der Waals surface area contributed by atoms with Crippen LogP contribution < -0.4 is 5.32 Å². The van der Waals surface area contributed by atoms with Crippen molar-refractivity contribution in [1.29, 1.82) is 0 Å². The number of carbonyl (C=O) groups excluding carboxylic acids is 1. The largest absolute Gasteiger partial charge is 0.365 e. The summed E-state index contributed by atoms with van der Waals surface area (Å²) in [5.74, 6) is 1.15. The van der Waals surface area contributed by atoms with Crippen LogP contribution in [-0.2, 0) is 21.7 Å². The fourth-order valence-corrected chi connectivity index (χ4v) is 3.54. The summed E-state index contributed by atoms with van der Waals surface area (Å²) in [5, 5.41) is 3.17. The Hall–Kier alpha value is -1.81. The van der Waals surface area contributed by atoms with E-state index in [9.17, 15) is 4.79 Å². The topological polar surface area (TPSA) is 41.6 Å². The first-order chi connectivity index (χ1) is 9.77. The van der Waals surface area contributed by atoms with Crippen molar-refractivity contribution in [2.75, 3.05) is 19.6 Å². The van der Waals surface area contributed by atoms with Crippen LogP contribution in [0.3, 0.4) is 0 Å². The highest BCUT2D eigenvalue weighted by molar-refractivity contribution is 5.94. The van der Waals surface area contributed by atoms with Crippen LogP contribution in [0.5, 0.6) is 0 Å². The minimum atomic E-state index is -0.101. The van der Waals surface area contributed by atoms with Gasteiger partial charge < -0.3 is 15.0 Å². The van der Waals surface area contributed by atoms with Crippen LogP contribution >= 0.6 is 0 Å². The van der Waals surface area contributed by atoms with Crippen LogP contribution in [0.25, 0.3) is 0 Å². The predicted octanol–water partition coefficient (Wildman–Crippen LogP) is 1.52. The number of benzene rings is 1. The minimum Gasteiger partial charge on any atom is -0.365 e. The maximum Gasteiger partial charge on any atom is 0.178 e. The molecule has 1 fully saturated rings. The van der Waals surface area contributed by atoms with Gasteiger partial charge >= 0.3 is 0 Å². The van der Waals surface area contributed by atoms with Crippen LogP contribution in [0.4, 0.5) is 0 Å². The molecule has 4 heteroatoms. The van der Waals surface area contributed by atoms with E-state index in [2.05, 4.69) is 34.5 Å². The summed E-state index contributed by atoms with van der Waals surface area (Å²) < 4.78 is 6.15. The Morgan fingerprint density at radius 1 is 1.20 bits per heavy atom. The fourth-order valence-electron chi connectivity index (χ4n) is 3.54. The molecule has 4 nitrogen and oxygen atoms in total. The van der Waals surface area contributed by atoms with Gasteiger partial charge in [0.1, 0.15) is 5.82 Å².